The van der Waals surface area contributed by atoms with Crippen LogP contribution in [0.2, 0.25) is 0 Å². The van der Waals surface area contributed by atoms with Crippen LogP contribution in [0.3, 0.4) is 0 Å². The highest BCUT2D eigenvalue weighted by Gasteiger charge is 2.46. The zero-order valence-electron chi connectivity index (χ0n) is 27.0. The Morgan fingerprint density at radius 2 is 0.936 bits per heavy atom. The lowest BCUT2D eigenvalue weighted by Crippen LogP contribution is -2.43. The fourth-order valence-electron chi connectivity index (χ4n) is 7.53. The van der Waals surface area contributed by atoms with Gasteiger partial charge in [0.15, 0.2) is 0 Å². The van der Waals surface area contributed by atoms with Gasteiger partial charge in [-0.25, -0.2) is 9.97 Å². The SMILES string of the molecule is CC1(C)c2ccc(-c3ccccc3)cc2-c2cc(-c3nc4ccccc4nc3-c3ccc4c(c3)sc3ccccc34)ccc2C1(C)C. The first-order valence-corrected chi connectivity index (χ1v) is 17.1. The molecule has 9 rings (SSSR count). The third kappa shape index (κ3) is 4.23. The molecule has 0 spiro atoms. The van der Waals surface area contributed by atoms with E-state index in [0.717, 1.165) is 33.5 Å². The second kappa shape index (κ2) is 10.2. The minimum atomic E-state index is -0.0771. The van der Waals surface area contributed by atoms with E-state index in [-0.39, 0.29) is 10.8 Å². The number of para-hydroxylation sites is 2. The molecule has 0 aliphatic heterocycles. The molecule has 0 fully saturated rings. The molecule has 3 heteroatoms. The predicted octanol–water partition coefficient (Wildman–Crippen LogP) is 12.2. The Labute approximate surface area is 279 Å². The molecule has 2 aromatic heterocycles. The van der Waals surface area contributed by atoms with Crippen molar-refractivity contribution in [2.45, 2.75) is 38.5 Å². The first-order valence-electron chi connectivity index (χ1n) is 16.3. The summed E-state index contributed by atoms with van der Waals surface area (Å²) in [5.74, 6) is 0. The molecule has 0 bridgehead atoms. The van der Waals surface area contributed by atoms with E-state index in [9.17, 15) is 0 Å². The summed E-state index contributed by atoms with van der Waals surface area (Å²) in [5.41, 5.74) is 13.5. The van der Waals surface area contributed by atoms with Gasteiger partial charge in [-0.2, -0.15) is 0 Å². The molecule has 0 N–H and O–H groups in total. The number of aromatic nitrogens is 2. The Morgan fingerprint density at radius 1 is 0.426 bits per heavy atom. The average Bonchev–Trinajstić information content (AvgIpc) is 3.48. The summed E-state index contributed by atoms with van der Waals surface area (Å²) in [6.45, 7) is 9.56. The molecule has 0 atom stereocenters. The summed E-state index contributed by atoms with van der Waals surface area (Å²) >= 11 is 1.84. The molecule has 0 unspecified atom stereocenters. The summed E-state index contributed by atoms with van der Waals surface area (Å²) in [4.78, 5) is 10.6. The summed E-state index contributed by atoms with van der Waals surface area (Å²) in [5, 5.41) is 2.59. The van der Waals surface area contributed by atoms with Crippen LogP contribution in [0.25, 0.3) is 76.0 Å². The van der Waals surface area contributed by atoms with Crippen molar-refractivity contribution >= 4 is 42.5 Å². The van der Waals surface area contributed by atoms with E-state index in [1.165, 1.54) is 53.6 Å². The van der Waals surface area contributed by atoms with Crippen molar-refractivity contribution in [1.82, 2.24) is 9.97 Å². The van der Waals surface area contributed by atoms with Gasteiger partial charge in [-0.05, 0) is 80.6 Å². The lowest BCUT2D eigenvalue weighted by atomic mass is 9.55. The van der Waals surface area contributed by atoms with Gasteiger partial charge < -0.3 is 0 Å². The third-order valence-electron chi connectivity index (χ3n) is 10.8. The summed E-state index contributed by atoms with van der Waals surface area (Å²) in [7, 11) is 0. The molecule has 2 nitrogen and oxygen atoms in total. The van der Waals surface area contributed by atoms with E-state index >= 15 is 0 Å². The van der Waals surface area contributed by atoms with Crippen LogP contribution in [-0.4, -0.2) is 9.97 Å². The van der Waals surface area contributed by atoms with Crippen molar-refractivity contribution in [2.75, 3.05) is 0 Å². The average molecular weight is 623 g/mol. The third-order valence-corrected chi connectivity index (χ3v) is 12.0. The molecule has 0 radical (unpaired) electrons. The van der Waals surface area contributed by atoms with Crippen molar-refractivity contribution in [3.05, 3.63) is 145 Å². The Hall–Kier alpha value is -5.12. The van der Waals surface area contributed by atoms with Gasteiger partial charge in [0.1, 0.15) is 0 Å². The molecule has 0 saturated carbocycles. The highest BCUT2D eigenvalue weighted by atomic mass is 32.1. The number of rotatable bonds is 3. The Balaban J connectivity index is 1.28. The maximum Gasteiger partial charge on any atom is 0.0973 e. The van der Waals surface area contributed by atoms with Crippen molar-refractivity contribution in [2.24, 2.45) is 0 Å². The van der Waals surface area contributed by atoms with Gasteiger partial charge in [0.05, 0.1) is 22.4 Å². The molecule has 1 aliphatic rings. The lowest BCUT2D eigenvalue weighted by molar-refractivity contribution is 0.299. The quantitative estimate of drug-likeness (QED) is 0.196. The molecule has 0 amide bonds. The van der Waals surface area contributed by atoms with Gasteiger partial charge in [-0.15, -0.1) is 11.3 Å². The Bertz CT molecular complexity index is 2520. The van der Waals surface area contributed by atoms with E-state index in [4.69, 9.17) is 9.97 Å². The van der Waals surface area contributed by atoms with E-state index < -0.39 is 0 Å². The van der Waals surface area contributed by atoms with Gasteiger partial charge in [-0.3, -0.25) is 0 Å². The second-order valence-electron chi connectivity index (χ2n) is 13.9. The standard InChI is InChI=1S/C44H34N2S/c1-43(2)35-22-19-28(27-12-6-5-7-13-27)24-33(35)34-25-29(20-23-36(34)44(43,3)4)41-42(46-38-16-10-9-15-37(38)45-41)30-18-21-32-31-14-8-11-17-39(31)47-40(32)26-30/h5-26H,1-4H3. The number of hydrogen-bond acceptors (Lipinski definition) is 3. The first-order chi connectivity index (χ1) is 22.8. The van der Waals surface area contributed by atoms with Gasteiger partial charge >= 0.3 is 0 Å². The number of thiophene rings is 1. The van der Waals surface area contributed by atoms with Crippen molar-refractivity contribution in [3.8, 4) is 44.8 Å². The Kier molecular flexibility index (Phi) is 6.10. The zero-order chi connectivity index (χ0) is 31.9. The summed E-state index contributed by atoms with van der Waals surface area (Å²) in [6.07, 6.45) is 0. The van der Waals surface area contributed by atoms with Crippen LogP contribution in [0.4, 0.5) is 0 Å². The molecule has 226 valence electrons. The fraction of sp³-hybridized carbons (Fsp3) is 0.136. The number of benzene rings is 6. The molecule has 8 aromatic rings. The van der Waals surface area contributed by atoms with E-state index in [1.807, 2.05) is 23.5 Å². The van der Waals surface area contributed by atoms with Gasteiger partial charge in [0.2, 0.25) is 0 Å². The molecule has 1 aliphatic carbocycles. The van der Waals surface area contributed by atoms with Crippen LogP contribution >= 0.6 is 11.3 Å². The van der Waals surface area contributed by atoms with Crippen molar-refractivity contribution < 1.29 is 0 Å². The van der Waals surface area contributed by atoms with Crippen LogP contribution in [0.15, 0.2) is 133 Å². The number of hydrogen-bond donors (Lipinski definition) is 0. The molecule has 0 saturated heterocycles. The van der Waals surface area contributed by atoms with Gasteiger partial charge in [-0.1, -0.05) is 125 Å². The van der Waals surface area contributed by atoms with Crippen molar-refractivity contribution in [3.63, 3.8) is 0 Å². The molecule has 6 aromatic carbocycles. The monoisotopic (exact) mass is 622 g/mol. The van der Waals surface area contributed by atoms with E-state index in [2.05, 4.69) is 149 Å². The predicted molar refractivity (Wildman–Crippen MR) is 200 cm³/mol. The normalized spacial score (nSPS) is 14.7. The highest BCUT2D eigenvalue weighted by Crippen LogP contribution is 2.55. The van der Waals surface area contributed by atoms with Crippen LogP contribution in [0.5, 0.6) is 0 Å². The van der Waals surface area contributed by atoms with Crippen molar-refractivity contribution in [1.29, 1.82) is 0 Å². The lowest BCUT2D eigenvalue weighted by Gasteiger charge is -2.48. The van der Waals surface area contributed by atoms with E-state index in [1.54, 1.807) is 0 Å². The van der Waals surface area contributed by atoms with E-state index in [0.29, 0.717) is 0 Å². The maximum atomic E-state index is 5.32. The fourth-order valence-corrected chi connectivity index (χ4v) is 8.68. The molecular weight excluding hydrogens is 589 g/mol. The Morgan fingerprint density at radius 3 is 1.62 bits per heavy atom. The summed E-state index contributed by atoms with van der Waals surface area (Å²) < 4.78 is 2.57. The minimum absolute atomic E-state index is 0.0559. The van der Waals surface area contributed by atoms with Crippen LogP contribution in [0.1, 0.15) is 38.8 Å². The highest BCUT2D eigenvalue weighted by molar-refractivity contribution is 7.25. The largest absolute Gasteiger partial charge is 0.244 e. The number of nitrogens with zero attached hydrogens (tertiary/aromatic N) is 2. The van der Waals surface area contributed by atoms with Crippen LogP contribution in [-0.2, 0) is 10.8 Å². The smallest absolute Gasteiger partial charge is 0.0973 e. The zero-order valence-corrected chi connectivity index (χ0v) is 27.8. The molecular formula is C44H34N2S. The molecule has 2 heterocycles. The van der Waals surface area contributed by atoms with Gasteiger partial charge in [0, 0.05) is 31.3 Å². The summed E-state index contributed by atoms with van der Waals surface area (Å²) in [6, 6.07) is 48.4. The first kappa shape index (κ1) is 28.1. The van der Waals surface area contributed by atoms with Crippen LogP contribution in [0, 0.1) is 0 Å². The topological polar surface area (TPSA) is 25.8 Å². The van der Waals surface area contributed by atoms with Crippen LogP contribution < -0.4 is 0 Å². The second-order valence-corrected chi connectivity index (χ2v) is 14.9. The number of fused-ring (bicyclic) bond motifs is 7. The molecule has 47 heavy (non-hydrogen) atoms. The van der Waals surface area contributed by atoms with Gasteiger partial charge in [0.25, 0.3) is 0 Å². The maximum absolute atomic E-state index is 5.32. The minimum Gasteiger partial charge on any atom is -0.244 e.